The predicted molar refractivity (Wildman–Crippen MR) is 117 cm³/mol. The third kappa shape index (κ3) is 6.12. The molecule has 2 aliphatic rings. The van der Waals surface area contributed by atoms with Gasteiger partial charge in [-0.15, -0.1) is 0 Å². The van der Waals surface area contributed by atoms with Crippen LogP contribution in [0, 0.1) is 29.6 Å². The van der Waals surface area contributed by atoms with Crippen LogP contribution in [0.2, 0.25) is 0 Å². The first-order valence-corrected chi connectivity index (χ1v) is 11.6. The SMILES string of the molecule is CC(=O)OC1[C@@H](C)C(=O)O[C@H](C)[C@H](C)[C@H](O)C(C)C(=O)[C@]2(CO2)C[C@H](C)[C@H](OC(C)=O)[C@H]1C. The van der Waals surface area contributed by atoms with Crippen LogP contribution in [0.25, 0.3) is 0 Å². The van der Waals surface area contributed by atoms with Crippen LogP contribution in [0.3, 0.4) is 0 Å². The van der Waals surface area contributed by atoms with Crippen LogP contribution in [0.15, 0.2) is 0 Å². The van der Waals surface area contributed by atoms with Crippen molar-refractivity contribution in [1.82, 2.24) is 0 Å². The summed E-state index contributed by atoms with van der Waals surface area (Å²) in [5.41, 5.74) is -1.07. The Bertz CT molecular complexity index is 759. The third-order valence-electron chi connectivity index (χ3n) is 7.17. The van der Waals surface area contributed by atoms with E-state index in [9.17, 15) is 24.3 Å². The molecule has 0 aromatic carbocycles. The maximum absolute atomic E-state index is 13.3. The summed E-state index contributed by atoms with van der Waals surface area (Å²) in [6, 6.07) is 0. The molecular formula is C24H38O9. The molecule has 0 aromatic heterocycles. The second-order valence-corrected chi connectivity index (χ2v) is 9.90. The van der Waals surface area contributed by atoms with Crippen molar-refractivity contribution >= 4 is 23.7 Å². The van der Waals surface area contributed by atoms with Crippen molar-refractivity contribution < 1.29 is 43.2 Å². The summed E-state index contributed by atoms with van der Waals surface area (Å²) in [7, 11) is 0. The van der Waals surface area contributed by atoms with E-state index < -0.39 is 71.6 Å². The van der Waals surface area contributed by atoms with Crippen molar-refractivity contribution in [2.45, 2.75) is 91.8 Å². The summed E-state index contributed by atoms with van der Waals surface area (Å²) in [4.78, 5) is 50.0. The van der Waals surface area contributed by atoms with Gasteiger partial charge in [-0.25, -0.2) is 0 Å². The number of aliphatic hydroxyl groups excluding tert-OH is 1. The monoisotopic (exact) mass is 470 g/mol. The Labute approximate surface area is 195 Å². The average molecular weight is 471 g/mol. The zero-order valence-corrected chi connectivity index (χ0v) is 20.8. The fraction of sp³-hybridized carbons (Fsp3) is 0.833. The molecule has 10 atom stereocenters. The second-order valence-electron chi connectivity index (χ2n) is 9.90. The van der Waals surface area contributed by atoms with Crippen LogP contribution in [0.5, 0.6) is 0 Å². The topological polar surface area (TPSA) is 129 Å². The minimum atomic E-state index is -1.07. The quantitative estimate of drug-likeness (QED) is 0.366. The number of rotatable bonds is 2. The largest absolute Gasteiger partial charge is 0.462 e. The first kappa shape index (κ1) is 27.2. The van der Waals surface area contributed by atoms with Gasteiger partial charge in [-0.2, -0.15) is 0 Å². The molecular weight excluding hydrogens is 432 g/mol. The maximum atomic E-state index is 13.3. The summed E-state index contributed by atoms with van der Waals surface area (Å²) >= 11 is 0. The molecule has 0 saturated carbocycles. The van der Waals surface area contributed by atoms with Gasteiger partial charge in [-0.3, -0.25) is 19.2 Å². The maximum Gasteiger partial charge on any atom is 0.312 e. The van der Waals surface area contributed by atoms with Crippen LogP contribution in [0.4, 0.5) is 0 Å². The fourth-order valence-electron chi connectivity index (χ4n) is 4.90. The Hall–Kier alpha value is -2.00. The van der Waals surface area contributed by atoms with Crippen molar-refractivity contribution in [3.05, 3.63) is 0 Å². The van der Waals surface area contributed by atoms with E-state index in [-0.39, 0.29) is 24.7 Å². The van der Waals surface area contributed by atoms with E-state index in [0.29, 0.717) is 0 Å². The van der Waals surface area contributed by atoms with Gasteiger partial charge >= 0.3 is 17.9 Å². The van der Waals surface area contributed by atoms with Gasteiger partial charge in [0.15, 0.2) is 11.4 Å². The standard InChI is InChI=1S/C24H38O9/c1-11-9-24(10-30-24)22(28)13(3)19(27)12(2)16(6)31-23(29)15(5)21(33-18(8)26)14(4)20(11)32-17(7)25/h11-16,19-21,27H,9-10H2,1-8H3/t11-,12-,13?,14+,15+,16+,19-,20-,21?,24+/m0/s1. The van der Waals surface area contributed by atoms with E-state index in [2.05, 4.69) is 0 Å². The lowest BCUT2D eigenvalue weighted by Gasteiger charge is -2.38. The van der Waals surface area contributed by atoms with Crippen LogP contribution < -0.4 is 0 Å². The Morgan fingerprint density at radius 3 is 1.91 bits per heavy atom. The number of carbonyl (C=O) groups excluding carboxylic acids is 4. The lowest BCUT2D eigenvalue weighted by molar-refractivity contribution is -0.176. The van der Waals surface area contributed by atoms with Gasteiger partial charge in [-0.05, 0) is 26.2 Å². The first-order chi connectivity index (χ1) is 15.2. The molecule has 0 aliphatic carbocycles. The number of Topliss-reactive ketones (excluding diaryl/α,β-unsaturated/α-hetero) is 1. The van der Waals surface area contributed by atoms with E-state index in [0.717, 1.165) is 0 Å². The number of hydrogen-bond donors (Lipinski definition) is 1. The lowest BCUT2D eigenvalue weighted by atomic mass is 9.76. The molecule has 1 spiro atoms. The van der Waals surface area contributed by atoms with Crippen LogP contribution in [-0.4, -0.2) is 65.4 Å². The van der Waals surface area contributed by atoms with E-state index in [1.807, 2.05) is 6.92 Å². The number of ketones is 1. The lowest BCUT2D eigenvalue weighted by Crippen LogP contribution is -2.48. The Kier molecular flexibility index (Phi) is 8.68. The van der Waals surface area contributed by atoms with Crippen molar-refractivity contribution in [3.63, 3.8) is 0 Å². The summed E-state index contributed by atoms with van der Waals surface area (Å²) in [5, 5.41) is 10.9. The second kappa shape index (κ2) is 10.5. The molecule has 2 fully saturated rings. The number of carbonyl (C=O) groups is 4. The molecule has 2 unspecified atom stereocenters. The van der Waals surface area contributed by atoms with Gasteiger partial charge in [0.1, 0.15) is 18.3 Å². The van der Waals surface area contributed by atoms with Crippen molar-refractivity contribution in [3.8, 4) is 0 Å². The Morgan fingerprint density at radius 2 is 1.42 bits per heavy atom. The highest BCUT2D eigenvalue weighted by atomic mass is 16.6. The van der Waals surface area contributed by atoms with E-state index in [4.69, 9.17) is 18.9 Å². The van der Waals surface area contributed by atoms with Crippen molar-refractivity contribution in [1.29, 1.82) is 0 Å². The van der Waals surface area contributed by atoms with Gasteiger partial charge in [0, 0.05) is 31.6 Å². The zero-order chi connectivity index (χ0) is 25.2. The minimum Gasteiger partial charge on any atom is -0.462 e. The van der Waals surface area contributed by atoms with Crippen LogP contribution in [0.1, 0.15) is 61.8 Å². The van der Waals surface area contributed by atoms with Gasteiger partial charge in [-0.1, -0.05) is 27.7 Å². The molecule has 188 valence electrons. The van der Waals surface area contributed by atoms with E-state index in [1.54, 1.807) is 34.6 Å². The Balaban J connectivity index is 2.51. The molecule has 2 heterocycles. The van der Waals surface area contributed by atoms with Gasteiger partial charge in [0.2, 0.25) is 0 Å². The molecule has 9 nitrogen and oxygen atoms in total. The van der Waals surface area contributed by atoms with E-state index >= 15 is 0 Å². The summed E-state index contributed by atoms with van der Waals surface area (Å²) in [6.45, 7) is 12.9. The highest BCUT2D eigenvalue weighted by Crippen LogP contribution is 2.42. The Morgan fingerprint density at radius 1 is 0.909 bits per heavy atom. The van der Waals surface area contributed by atoms with Gasteiger partial charge in [0.25, 0.3) is 0 Å². The molecule has 2 saturated heterocycles. The van der Waals surface area contributed by atoms with Crippen LogP contribution in [-0.2, 0) is 38.1 Å². The number of epoxide rings is 1. The summed E-state index contributed by atoms with van der Waals surface area (Å²) in [5.74, 6) is -4.99. The first-order valence-electron chi connectivity index (χ1n) is 11.6. The molecule has 2 aliphatic heterocycles. The number of hydrogen-bond acceptors (Lipinski definition) is 9. The van der Waals surface area contributed by atoms with E-state index in [1.165, 1.54) is 13.8 Å². The molecule has 0 bridgehead atoms. The van der Waals surface area contributed by atoms with Crippen molar-refractivity contribution in [2.24, 2.45) is 29.6 Å². The number of ether oxygens (including phenoxy) is 4. The highest BCUT2D eigenvalue weighted by molar-refractivity contribution is 5.92. The predicted octanol–water partition coefficient (Wildman–Crippen LogP) is 2.06. The van der Waals surface area contributed by atoms with Gasteiger partial charge < -0.3 is 24.1 Å². The number of esters is 3. The van der Waals surface area contributed by atoms with Crippen LogP contribution >= 0.6 is 0 Å². The molecule has 0 radical (unpaired) electrons. The van der Waals surface area contributed by atoms with Crippen molar-refractivity contribution in [2.75, 3.05) is 6.61 Å². The minimum absolute atomic E-state index is 0.219. The zero-order valence-electron chi connectivity index (χ0n) is 20.8. The summed E-state index contributed by atoms with van der Waals surface area (Å²) < 4.78 is 22.3. The van der Waals surface area contributed by atoms with Gasteiger partial charge in [0.05, 0.1) is 18.6 Å². The fourth-order valence-corrected chi connectivity index (χ4v) is 4.90. The molecule has 2 rings (SSSR count). The molecule has 0 aromatic rings. The molecule has 0 amide bonds. The molecule has 9 heteroatoms. The number of cyclic esters (lactones) is 1. The summed E-state index contributed by atoms with van der Waals surface area (Å²) in [6.07, 6.45) is -3.16. The third-order valence-corrected chi connectivity index (χ3v) is 7.17. The highest BCUT2D eigenvalue weighted by Gasteiger charge is 2.56. The molecule has 1 N–H and O–H groups in total. The normalized spacial score (nSPS) is 42.8. The average Bonchev–Trinajstić information content (AvgIpc) is 3.51. The number of aliphatic hydroxyl groups is 1. The smallest absolute Gasteiger partial charge is 0.312 e. The molecule has 33 heavy (non-hydrogen) atoms.